The van der Waals surface area contributed by atoms with Crippen molar-refractivity contribution >= 4 is 38.8 Å². The van der Waals surface area contributed by atoms with Gasteiger partial charge in [-0.05, 0) is 30.7 Å². The smallest absolute Gasteiger partial charge is 0.325 e. The van der Waals surface area contributed by atoms with Gasteiger partial charge < -0.3 is 15.0 Å². The zero-order valence-electron chi connectivity index (χ0n) is 14.7. The van der Waals surface area contributed by atoms with Crippen molar-refractivity contribution in [3.8, 4) is 0 Å². The third-order valence-electron chi connectivity index (χ3n) is 4.93. The first-order valence-corrected chi connectivity index (χ1v) is 9.68. The van der Waals surface area contributed by atoms with Crippen LogP contribution in [0.5, 0.6) is 0 Å². The zero-order valence-corrected chi connectivity index (χ0v) is 16.3. The minimum atomic E-state index is -0.833. The molecular formula is C19H20BrN5O2. The van der Waals surface area contributed by atoms with Crippen LogP contribution in [-0.2, 0) is 4.79 Å². The number of H-pyrrole nitrogens is 1. The number of benzene rings is 1. The van der Waals surface area contributed by atoms with E-state index in [1.54, 1.807) is 18.5 Å². The molecule has 1 aliphatic rings. The Bertz CT molecular complexity index is 946. The number of aromatic nitrogens is 3. The lowest BCUT2D eigenvalue weighted by molar-refractivity contribution is -0.143. The van der Waals surface area contributed by atoms with Gasteiger partial charge in [0.05, 0.1) is 0 Å². The predicted octanol–water partition coefficient (Wildman–Crippen LogP) is 3.06. The van der Waals surface area contributed by atoms with Crippen molar-refractivity contribution in [2.24, 2.45) is 0 Å². The van der Waals surface area contributed by atoms with E-state index in [2.05, 4.69) is 35.8 Å². The number of anilines is 1. The largest absolute Gasteiger partial charge is 0.480 e. The van der Waals surface area contributed by atoms with Crippen LogP contribution in [-0.4, -0.2) is 57.1 Å². The van der Waals surface area contributed by atoms with Gasteiger partial charge in [0.25, 0.3) is 0 Å². The van der Waals surface area contributed by atoms with Gasteiger partial charge in [0, 0.05) is 65.7 Å². The lowest BCUT2D eigenvalue weighted by Gasteiger charge is -2.27. The first kappa shape index (κ1) is 17.9. The molecule has 0 radical (unpaired) electrons. The van der Waals surface area contributed by atoms with Crippen LogP contribution in [0.3, 0.4) is 0 Å². The number of nitrogens with zero attached hydrogens (tertiary/aromatic N) is 4. The summed E-state index contributed by atoms with van der Waals surface area (Å²) in [4.78, 5) is 28.2. The fourth-order valence-electron chi connectivity index (χ4n) is 3.68. The fourth-order valence-corrected chi connectivity index (χ4v) is 4.04. The highest BCUT2D eigenvalue weighted by Gasteiger charge is 2.31. The molecule has 0 spiro atoms. The highest BCUT2D eigenvalue weighted by Crippen LogP contribution is 2.31. The van der Waals surface area contributed by atoms with Crippen LogP contribution in [0.25, 0.3) is 10.9 Å². The first-order chi connectivity index (χ1) is 13.1. The topological polar surface area (TPSA) is 85.4 Å². The Morgan fingerprint density at radius 2 is 2.00 bits per heavy atom. The Kier molecular flexibility index (Phi) is 5.09. The van der Waals surface area contributed by atoms with Crippen molar-refractivity contribution in [2.45, 2.75) is 12.5 Å². The molecule has 0 saturated carbocycles. The van der Waals surface area contributed by atoms with Gasteiger partial charge in [-0.3, -0.25) is 9.69 Å². The number of aliphatic carboxylic acids is 1. The molecule has 1 unspecified atom stereocenters. The van der Waals surface area contributed by atoms with Gasteiger partial charge in [-0.15, -0.1) is 0 Å². The number of carbonyl (C=O) groups is 1. The van der Waals surface area contributed by atoms with Crippen molar-refractivity contribution in [2.75, 3.05) is 31.1 Å². The molecule has 1 aromatic carbocycles. The number of carboxylic acids is 1. The van der Waals surface area contributed by atoms with E-state index in [9.17, 15) is 9.90 Å². The lowest BCUT2D eigenvalue weighted by Crippen LogP contribution is -2.37. The summed E-state index contributed by atoms with van der Waals surface area (Å²) in [7, 11) is 0. The predicted molar refractivity (Wildman–Crippen MR) is 107 cm³/mol. The van der Waals surface area contributed by atoms with Crippen molar-refractivity contribution in [3.63, 3.8) is 0 Å². The number of rotatable bonds is 4. The second kappa shape index (κ2) is 7.66. The van der Waals surface area contributed by atoms with E-state index < -0.39 is 12.0 Å². The molecule has 8 heteroatoms. The zero-order chi connectivity index (χ0) is 18.8. The molecule has 2 N–H and O–H groups in total. The van der Waals surface area contributed by atoms with Gasteiger partial charge in [-0.1, -0.05) is 15.9 Å². The minimum absolute atomic E-state index is 0.635. The maximum Gasteiger partial charge on any atom is 0.325 e. The van der Waals surface area contributed by atoms with Gasteiger partial charge in [0.15, 0.2) is 0 Å². The summed E-state index contributed by atoms with van der Waals surface area (Å²) in [5.41, 5.74) is 1.73. The highest BCUT2D eigenvalue weighted by molar-refractivity contribution is 9.10. The summed E-state index contributed by atoms with van der Waals surface area (Å²) in [6.45, 7) is 2.85. The quantitative estimate of drug-likeness (QED) is 0.662. The Morgan fingerprint density at radius 3 is 2.78 bits per heavy atom. The summed E-state index contributed by atoms with van der Waals surface area (Å²) in [6, 6.07) is 6.98. The van der Waals surface area contributed by atoms with Crippen molar-refractivity contribution < 1.29 is 9.90 Å². The molecule has 2 aromatic heterocycles. The second-order valence-corrected chi connectivity index (χ2v) is 7.52. The van der Waals surface area contributed by atoms with Crippen molar-refractivity contribution in [3.05, 3.63) is 52.9 Å². The van der Waals surface area contributed by atoms with Crippen LogP contribution >= 0.6 is 15.9 Å². The molecule has 7 nitrogen and oxygen atoms in total. The highest BCUT2D eigenvalue weighted by atomic mass is 79.9. The number of fused-ring (bicyclic) bond motifs is 1. The molecule has 27 heavy (non-hydrogen) atoms. The maximum atomic E-state index is 12.2. The standard InChI is InChI=1S/C19H20BrN5O2/c20-13-3-4-16-14(11-13)15(12-23-16)17(18(26)27)24-7-2-8-25(10-9-24)19-21-5-1-6-22-19/h1,3-6,11-12,17,23H,2,7-10H2,(H,26,27). The molecule has 1 aliphatic heterocycles. The molecule has 3 aromatic rings. The van der Waals surface area contributed by atoms with E-state index >= 15 is 0 Å². The summed E-state index contributed by atoms with van der Waals surface area (Å²) < 4.78 is 0.934. The molecule has 1 saturated heterocycles. The van der Waals surface area contributed by atoms with Crippen molar-refractivity contribution in [1.29, 1.82) is 0 Å². The number of aromatic amines is 1. The number of carboxylic acid groups (broad SMARTS) is 1. The van der Waals surface area contributed by atoms with E-state index in [1.165, 1.54) is 0 Å². The van der Waals surface area contributed by atoms with Crippen LogP contribution in [0.15, 0.2) is 47.3 Å². The monoisotopic (exact) mass is 429 g/mol. The van der Waals surface area contributed by atoms with Gasteiger partial charge >= 0.3 is 5.97 Å². The maximum absolute atomic E-state index is 12.2. The lowest BCUT2D eigenvalue weighted by atomic mass is 10.0. The summed E-state index contributed by atoms with van der Waals surface area (Å²) >= 11 is 3.48. The molecule has 1 atom stereocenters. The van der Waals surface area contributed by atoms with E-state index in [0.29, 0.717) is 25.6 Å². The van der Waals surface area contributed by atoms with Crippen LogP contribution in [0.2, 0.25) is 0 Å². The average Bonchev–Trinajstić information content (AvgIpc) is 2.91. The van der Waals surface area contributed by atoms with E-state index in [-0.39, 0.29) is 0 Å². The molecule has 4 rings (SSSR count). The summed E-state index contributed by atoms with van der Waals surface area (Å²) in [5.74, 6) is -0.137. The van der Waals surface area contributed by atoms with E-state index in [1.807, 2.05) is 29.3 Å². The fraction of sp³-hybridized carbons (Fsp3) is 0.316. The molecule has 1 fully saturated rings. The minimum Gasteiger partial charge on any atom is -0.480 e. The Hall–Kier alpha value is -2.45. The van der Waals surface area contributed by atoms with E-state index in [4.69, 9.17) is 0 Å². The number of hydrogen-bond donors (Lipinski definition) is 2. The summed E-state index contributed by atoms with van der Waals surface area (Å²) in [6.07, 6.45) is 6.14. The van der Waals surface area contributed by atoms with E-state index in [0.717, 1.165) is 33.9 Å². The Morgan fingerprint density at radius 1 is 1.19 bits per heavy atom. The molecular weight excluding hydrogens is 410 g/mol. The number of nitrogens with one attached hydrogen (secondary N) is 1. The molecule has 0 bridgehead atoms. The van der Waals surface area contributed by atoms with Gasteiger partial charge in [0.1, 0.15) is 6.04 Å². The van der Waals surface area contributed by atoms with Crippen LogP contribution < -0.4 is 4.90 Å². The molecule has 0 aliphatic carbocycles. The average molecular weight is 430 g/mol. The molecule has 140 valence electrons. The third-order valence-corrected chi connectivity index (χ3v) is 5.43. The van der Waals surface area contributed by atoms with Gasteiger partial charge in [0.2, 0.25) is 5.95 Å². The van der Waals surface area contributed by atoms with Crippen molar-refractivity contribution in [1.82, 2.24) is 19.9 Å². The van der Waals surface area contributed by atoms with Crippen LogP contribution in [0, 0.1) is 0 Å². The second-order valence-electron chi connectivity index (χ2n) is 6.60. The number of hydrogen-bond acceptors (Lipinski definition) is 5. The normalized spacial score (nSPS) is 17.0. The van der Waals surface area contributed by atoms with Crippen LogP contribution in [0.4, 0.5) is 5.95 Å². The third kappa shape index (κ3) is 3.68. The molecule has 3 heterocycles. The van der Waals surface area contributed by atoms with Crippen LogP contribution in [0.1, 0.15) is 18.0 Å². The number of halogens is 1. The van der Waals surface area contributed by atoms with Gasteiger partial charge in [-0.2, -0.15) is 0 Å². The first-order valence-electron chi connectivity index (χ1n) is 8.89. The SMILES string of the molecule is O=C(O)C(c1c[nH]c2ccc(Br)cc12)N1CCCN(c2ncccn2)CC1. The summed E-state index contributed by atoms with van der Waals surface area (Å²) in [5, 5.41) is 10.9. The van der Waals surface area contributed by atoms with Gasteiger partial charge in [-0.25, -0.2) is 9.97 Å². The molecule has 0 amide bonds. The Labute approximate surface area is 165 Å². The Balaban J connectivity index is 1.61.